The molecule has 3 rings (SSSR count). The standard InChI is InChI=1S/C23H24F3N3O/c1-4-17-12-18(9-8-15(17)2)22(30)28-21-7-5-6-20(23(24,25)26)19(21)14-29-11-10-27-13-16(29)3/h1,5-9,12,16,27H,10-11,13-14H2,2-3H3,(H,28,30). The van der Waals surface area contributed by atoms with Gasteiger partial charge >= 0.3 is 6.18 Å². The smallest absolute Gasteiger partial charge is 0.322 e. The van der Waals surface area contributed by atoms with Gasteiger partial charge in [0.15, 0.2) is 0 Å². The van der Waals surface area contributed by atoms with E-state index >= 15 is 0 Å². The number of nitrogens with one attached hydrogen (secondary N) is 2. The molecule has 1 saturated heterocycles. The number of aryl methyl sites for hydroxylation is 1. The first-order valence-electron chi connectivity index (χ1n) is 9.73. The second-order valence-electron chi connectivity index (χ2n) is 7.48. The highest BCUT2D eigenvalue weighted by Crippen LogP contribution is 2.36. The Morgan fingerprint density at radius 1 is 1.33 bits per heavy atom. The van der Waals surface area contributed by atoms with Gasteiger partial charge in [0, 0.05) is 54.6 Å². The summed E-state index contributed by atoms with van der Waals surface area (Å²) in [4.78, 5) is 14.8. The van der Waals surface area contributed by atoms with Crippen molar-refractivity contribution < 1.29 is 18.0 Å². The Hall–Kier alpha value is -2.82. The van der Waals surface area contributed by atoms with Gasteiger partial charge in [-0.25, -0.2) is 0 Å². The molecule has 0 radical (unpaired) electrons. The summed E-state index contributed by atoms with van der Waals surface area (Å²) in [7, 11) is 0. The van der Waals surface area contributed by atoms with Crippen LogP contribution in [0.5, 0.6) is 0 Å². The first-order valence-corrected chi connectivity index (χ1v) is 9.73. The van der Waals surface area contributed by atoms with Gasteiger partial charge in [-0.3, -0.25) is 9.69 Å². The number of carbonyl (C=O) groups excluding carboxylic acids is 1. The summed E-state index contributed by atoms with van der Waals surface area (Å²) in [5, 5.41) is 5.89. The molecule has 0 aliphatic carbocycles. The molecule has 30 heavy (non-hydrogen) atoms. The van der Waals surface area contributed by atoms with Gasteiger partial charge in [-0.2, -0.15) is 13.2 Å². The van der Waals surface area contributed by atoms with Crippen LogP contribution in [0.4, 0.5) is 18.9 Å². The Morgan fingerprint density at radius 3 is 2.77 bits per heavy atom. The molecule has 1 aliphatic heterocycles. The highest BCUT2D eigenvalue weighted by atomic mass is 19.4. The van der Waals surface area contributed by atoms with Gasteiger partial charge in [0.25, 0.3) is 5.91 Å². The number of piperazine rings is 1. The summed E-state index contributed by atoms with van der Waals surface area (Å²) in [5.74, 6) is 2.01. The molecular formula is C23H24F3N3O. The summed E-state index contributed by atoms with van der Waals surface area (Å²) in [5.41, 5.74) is 1.20. The van der Waals surface area contributed by atoms with E-state index < -0.39 is 17.6 Å². The third-order valence-corrected chi connectivity index (χ3v) is 5.38. The molecule has 4 nitrogen and oxygen atoms in total. The van der Waals surface area contributed by atoms with Crippen molar-refractivity contribution in [1.29, 1.82) is 0 Å². The molecule has 2 N–H and O–H groups in total. The third kappa shape index (κ3) is 4.84. The maximum Gasteiger partial charge on any atom is 0.416 e. The number of alkyl halides is 3. The van der Waals surface area contributed by atoms with E-state index in [9.17, 15) is 18.0 Å². The highest BCUT2D eigenvalue weighted by molar-refractivity contribution is 6.05. The minimum absolute atomic E-state index is 0.0661. The predicted molar refractivity (Wildman–Crippen MR) is 111 cm³/mol. The number of hydrogen-bond acceptors (Lipinski definition) is 3. The van der Waals surface area contributed by atoms with Crippen LogP contribution in [0.15, 0.2) is 36.4 Å². The van der Waals surface area contributed by atoms with Crippen LogP contribution in [0.3, 0.4) is 0 Å². The number of hydrogen-bond donors (Lipinski definition) is 2. The lowest BCUT2D eigenvalue weighted by atomic mass is 10.0. The molecular weight excluding hydrogens is 391 g/mol. The molecule has 1 fully saturated rings. The van der Waals surface area contributed by atoms with Crippen molar-refractivity contribution in [3.8, 4) is 12.3 Å². The van der Waals surface area contributed by atoms with Crippen molar-refractivity contribution in [2.45, 2.75) is 32.6 Å². The largest absolute Gasteiger partial charge is 0.416 e. The van der Waals surface area contributed by atoms with Crippen molar-refractivity contribution >= 4 is 11.6 Å². The Balaban J connectivity index is 1.95. The van der Waals surface area contributed by atoms with E-state index in [1.54, 1.807) is 18.2 Å². The van der Waals surface area contributed by atoms with Crippen molar-refractivity contribution in [2.75, 3.05) is 25.0 Å². The number of nitrogens with zero attached hydrogens (tertiary/aromatic N) is 1. The van der Waals surface area contributed by atoms with Crippen molar-refractivity contribution in [3.63, 3.8) is 0 Å². The average molecular weight is 415 g/mol. The topological polar surface area (TPSA) is 44.4 Å². The molecule has 2 aromatic rings. The minimum Gasteiger partial charge on any atom is -0.322 e. The van der Waals surface area contributed by atoms with Crippen molar-refractivity contribution in [1.82, 2.24) is 10.2 Å². The zero-order valence-corrected chi connectivity index (χ0v) is 16.9. The number of carbonyl (C=O) groups is 1. The minimum atomic E-state index is -4.52. The number of amides is 1. The lowest BCUT2D eigenvalue weighted by Gasteiger charge is -2.35. The second-order valence-corrected chi connectivity index (χ2v) is 7.48. The normalized spacial score (nSPS) is 17.4. The van der Waals surface area contributed by atoms with Gasteiger partial charge in [0.05, 0.1) is 5.56 Å². The van der Waals surface area contributed by atoms with Crippen LogP contribution in [-0.4, -0.2) is 36.5 Å². The summed E-state index contributed by atoms with van der Waals surface area (Å²) in [6.45, 7) is 5.93. The summed E-state index contributed by atoms with van der Waals surface area (Å²) >= 11 is 0. The van der Waals surface area contributed by atoms with E-state index in [4.69, 9.17) is 6.42 Å². The monoisotopic (exact) mass is 415 g/mol. The quantitative estimate of drug-likeness (QED) is 0.741. The Kier molecular flexibility index (Phi) is 6.49. The lowest BCUT2D eigenvalue weighted by molar-refractivity contribution is -0.138. The number of anilines is 1. The predicted octanol–water partition coefficient (Wildman–Crippen LogP) is 4.04. The molecule has 0 spiro atoms. The SMILES string of the molecule is C#Cc1cc(C(=O)Nc2cccc(C(F)(F)F)c2CN2CCNCC2C)ccc1C. The van der Waals surface area contributed by atoms with Crippen LogP contribution in [0.1, 0.15) is 39.5 Å². The van der Waals surface area contributed by atoms with Crippen LogP contribution in [0.25, 0.3) is 0 Å². The van der Waals surface area contributed by atoms with E-state index in [0.29, 0.717) is 30.8 Å². The van der Waals surface area contributed by atoms with Gasteiger partial charge in [-0.05, 0) is 43.7 Å². The van der Waals surface area contributed by atoms with Gasteiger partial charge in [-0.15, -0.1) is 6.42 Å². The molecule has 0 bridgehead atoms. The lowest BCUT2D eigenvalue weighted by Crippen LogP contribution is -2.49. The van der Waals surface area contributed by atoms with E-state index in [-0.39, 0.29) is 23.8 Å². The maximum absolute atomic E-state index is 13.7. The Morgan fingerprint density at radius 2 is 2.10 bits per heavy atom. The van der Waals surface area contributed by atoms with Gasteiger partial charge in [0.1, 0.15) is 0 Å². The fourth-order valence-corrected chi connectivity index (χ4v) is 3.57. The molecule has 2 aromatic carbocycles. The van der Waals surface area contributed by atoms with E-state index in [0.717, 1.165) is 11.6 Å². The van der Waals surface area contributed by atoms with Crippen LogP contribution in [-0.2, 0) is 12.7 Å². The van der Waals surface area contributed by atoms with Gasteiger partial charge in [0.2, 0.25) is 0 Å². The van der Waals surface area contributed by atoms with Gasteiger partial charge in [-0.1, -0.05) is 18.1 Å². The highest BCUT2D eigenvalue weighted by Gasteiger charge is 2.35. The first kappa shape index (κ1) is 21.9. The number of halogens is 3. The molecule has 1 amide bonds. The molecule has 1 heterocycles. The molecule has 0 aromatic heterocycles. The summed E-state index contributed by atoms with van der Waals surface area (Å²) in [6, 6.07) is 8.85. The fourth-order valence-electron chi connectivity index (χ4n) is 3.57. The summed E-state index contributed by atoms with van der Waals surface area (Å²) in [6.07, 6.45) is 0.944. The number of rotatable bonds is 4. The molecule has 1 unspecified atom stereocenters. The van der Waals surface area contributed by atoms with E-state index in [1.165, 1.54) is 12.1 Å². The zero-order valence-electron chi connectivity index (χ0n) is 16.9. The number of benzene rings is 2. The van der Waals surface area contributed by atoms with Gasteiger partial charge < -0.3 is 10.6 Å². The molecule has 1 atom stereocenters. The molecule has 158 valence electrons. The van der Waals surface area contributed by atoms with Crippen LogP contribution in [0.2, 0.25) is 0 Å². The van der Waals surface area contributed by atoms with Crippen LogP contribution in [0, 0.1) is 19.3 Å². The molecule has 7 heteroatoms. The molecule has 1 aliphatic rings. The van der Waals surface area contributed by atoms with Crippen LogP contribution < -0.4 is 10.6 Å². The van der Waals surface area contributed by atoms with E-state index in [2.05, 4.69) is 16.6 Å². The van der Waals surface area contributed by atoms with E-state index in [1.807, 2.05) is 18.7 Å². The van der Waals surface area contributed by atoms with Crippen LogP contribution >= 0.6 is 0 Å². The maximum atomic E-state index is 13.7. The first-order chi connectivity index (χ1) is 14.2. The molecule has 0 saturated carbocycles. The Labute approximate surface area is 174 Å². The number of terminal acetylenes is 1. The zero-order chi connectivity index (χ0) is 21.9. The third-order valence-electron chi connectivity index (χ3n) is 5.38. The Bertz CT molecular complexity index is 979. The van der Waals surface area contributed by atoms with Crippen molar-refractivity contribution in [2.24, 2.45) is 0 Å². The average Bonchev–Trinajstić information content (AvgIpc) is 2.70. The second kappa shape index (κ2) is 8.90. The summed E-state index contributed by atoms with van der Waals surface area (Å²) < 4.78 is 41.2. The van der Waals surface area contributed by atoms with Crippen molar-refractivity contribution in [3.05, 3.63) is 64.2 Å². The fraction of sp³-hybridized carbons (Fsp3) is 0.348.